The summed E-state index contributed by atoms with van der Waals surface area (Å²) in [5.41, 5.74) is 2.35. The molecule has 0 bridgehead atoms. The highest BCUT2D eigenvalue weighted by Gasteiger charge is 2.09. The van der Waals surface area contributed by atoms with Crippen molar-refractivity contribution in [2.45, 2.75) is 20.3 Å². The molecule has 0 unspecified atom stereocenters. The number of aryl methyl sites for hydroxylation is 1. The van der Waals surface area contributed by atoms with Crippen molar-refractivity contribution in [3.8, 4) is 0 Å². The Hall–Kier alpha value is -1.79. The van der Waals surface area contributed by atoms with Crippen molar-refractivity contribution in [1.29, 1.82) is 0 Å². The minimum absolute atomic E-state index is 0.0942. The lowest BCUT2D eigenvalue weighted by molar-refractivity contribution is 0.600. The van der Waals surface area contributed by atoms with Crippen LogP contribution in [0.25, 0.3) is 0 Å². The average molecular weight is 340 g/mol. The predicted molar refractivity (Wildman–Crippen MR) is 91.4 cm³/mol. The minimum Gasteiger partial charge on any atom is -0.340 e. The maximum atomic E-state index is 11.7. The lowest BCUT2D eigenvalue weighted by Gasteiger charge is -2.10. The number of nitrogens with zero attached hydrogens (tertiary/aromatic N) is 1. The van der Waals surface area contributed by atoms with Crippen molar-refractivity contribution in [2.75, 3.05) is 15.8 Å². The molecule has 22 heavy (non-hydrogen) atoms. The third-order valence-electron chi connectivity index (χ3n) is 2.96. The Morgan fingerprint density at radius 1 is 1.23 bits per heavy atom. The number of aromatic nitrogens is 1. The Kier molecular flexibility index (Phi) is 5.26. The lowest BCUT2D eigenvalue weighted by Crippen LogP contribution is -2.16. The molecule has 0 radical (unpaired) electrons. The number of nitrogens with one attached hydrogen (secondary N) is 2. The Morgan fingerprint density at radius 2 is 2.00 bits per heavy atom. The molecule has 1 heterocycles. The molecule has 0 spiro atoms. The van der Waals surface area contributed by atoms with Gasteiger partial charge < -0.3 is 5.32 Å². The van der Waals surface area contributed by atoms with Crippen LogP contribution in [0.5, 0.6) is 0 Å². The molecule has 0 atom stereocenters. The zero-order valence-electron chi connectivity index (χ0n) is 12.4. The highest BCUT2D eigenvalue weighted by Crippen LogP contribution is 2.23. The van der Waals surface area contributed by atoms with E-state index in [1.807, 2.05) is 26.0 Å². The van der Waals surface area contributed by atoms with Crippen molar-refractivity contribution in [1.82, 2.24) is 4.98 Å². The van der Waals surface area contributed by atoms with Gasteiger partial charge in [-0.05, 0) is 49.2 Å². The summed E-state index contributed by atoms with van der Waals surface area (Å²) in [6, 6.07) is 8.92. The van der Waals surface area contributed by atoms with E-state index in [1.165, 1.54) is 6.20 Å². The van der Waals surface area contributed by atoms with E-state index in [0.29, 0.717) is 22.9 Å². The summed E-state index contributed by atoms with van der Waals surface area (Å²) in [6.45, 7) is 3.76. The highest BCUT2D eigenvalue weighted by atomic mass is 35.5. The zero-order chi connectivity index (χ0) is 16.2. The number of anilines is 3. The Morgan fingerprint density at radius 3 is 2.59 bits per heavy atom. The highest BCUT2D eigenvalue weighted by molar-refractivity contribution is 7.92. The summed E-state index contributed by atoms with van der Waals surface area (Å²) >= 11 is 5.92. The average Bonchev–Trinajstić information content (AvgIpc) is 2.43. The minimum atomic E-state index is -3.29. The standard InChI is InChI=1S/C15H18ClN3O2S/c1-3-8-22(20,21)19-13-5-7-15(17-10-13)18-14-6-4-12(16)9-11(14)2/h4-7,9-10,19H,3,8H2,1-2H3,(H,17,18). The SMILES string of the molecule is CCCS(=O)(=O)Nc1ccc(Nc2ccc(Cl)cc2C)nc1. The lowest BCUT2D eigenvalue weighted by atomic mass is 10.2. The predicted octanol–water partition coefficient (Wildman–Crippen LogP) is 3.94. The number of sulfonamides is 1. The zero-order valence-corrected chi connectivity index (χ0v) is 14.0. The number of halogens is 1. The van der Waals surface area contributed by atoms with Gasteiger partial charge in [-0.2, -0.15) is 0 Å². The van der Waals surface area contributed by atoms with Gasteiger partial charge in [-0.25, -0.2) is 13.4 Å². The molecule has 0 saturated carbocycles. The molecule has 2 rings (SSSR count). The Labute approximate surface area is 135 Å². The first-order valence-corrected chi connectivity index (χ1v) is 8.92. The molecule has 0 aliphatic rings. The first kappa shape index (κ1) is 16.6. The summed E-state index contributed by atoms with van der Waals surface area (Å²) in [4.78, 5) is 4.21. The van der Waals surface area contributed by atoms with Gasteiger partial charge >= 0.3 is 0 Å². The molecule has 118 valence electrons. The summed E-state index contributed by atoms with van der Waals surface area (Å²) in [7, 11) is -3.29. The monoisotopic (exact) mass is 339 g/mol. The van der Waals surface area contributed by atoms with Gasteiger partial charge in [-0.1, -0.05) is 18.5 Å². The van der Waals surface area contributed by atoms with Crippen LogP contribution in [0.15, 0.2) is 36.5 Å². The smallest absolute Gasteiger partial charge is 0.232 e. The van der Waals surface area contributed by atoms with Gasteiger partial charge in [-0.15, -0.1) is 0 Å². The van der Waals surface area contributed by atoms with Gasteiger partial charge in [0.25, 0.3) is 0 Å². The van der Waals surface area contributed by atoms with E-state index >= 15 is 0 Å². The summed E-state index contributed by atoms with van der Waals surface area (Å²) < 4.78 is 25.9. The Balaban J connectivity index is 2.09. The molecule has 5 nitrogen and oxygen atoms in total. The Bertz CT molecular complexity index is 746. The second-order valence-corrected chi connectivity index (χ2v) is 7.22. The van der Waals surface area contributed by atoms with Gasteiger partial charge in [0, 0.05) is 10.7 Å². The van der Waals surface area contributed by atoms with Crippen LogP contribution in [0, 0.1) is 6.92 Å². The van der Waals surface area contributed by atoms with Crippen molar-refractivity contribution >= 4 is 38.8 Å². The maximum absolute atomic E-state index is 11.7. The molecule has 1 aromatic carbocycles. The van der Waals surface area contributed by atoms with E-state index in [4.69, 9.17) is 11.6 Å². The maximum Gasteiger partial charge on any atom is 0.232 e. The van der Waals surface area contributed by atoms with E-state index in [1.54, 1.807) is 18.2 Å². The van der Waals surface area contributed by atoms with Crippen molar-refractivity contribution in [3.05, 3.63) is 47.1 Å². The molecule has 1 aromatic heterocycles. The largest absolute Gasteiger partial charge is 0.340 e. The molecular weight excluding hydrogens is 322 g/mol. The van der Waals surface area contributed by atoms with E-state index in [9.17, 15) is 8.42 Å². The van der Waals surface area contributed by atoms with Crippen molar-refractivity contribution in [3.63, 3.8) is 0 Å². The number of benzene rings is 1. The fourth-order valence-electron chi connectivity index (χ4n) is 1.93. The molecular formula is C15H18ClN3O2S. The number of hydrogen-bond donors (Lipinski definition) is 2. The second kappa shape index (κ2) is 6.98. The van der Waals surface area contributed by atoms with E-state index in [0.717, 1.165) is 11.3 Å². The van der Waals surface area contributed by atoms with Gasteiger partial charge in [0.1, 0.15) is 5.82 Å². The van der Waals surface area contributed by atoms with Gasteiger partial charge in [0.2, 0.25) is 10.0 Å². The van der Waals surface area contributed by atoms with Crippen molar-refractivity contribution in [2.24, 2.45) is 0 Å². The van der Waals surface area contributed by atoms with Crippen molar-refractivity contribution < 1.29 is 8.42 Å². The van der Waals surface area contributed by atoms with Crippen LogP contribution in [0.1, 0.15) is 18.9 Å². The molecule has 2 N–H and O–H groups in total. The third-order valence-corrected chi connectivity index (χ3v) is 4.69. The quantitative estimate of drug-likeness (QED) is 0.836. The van der Waals surface area contributed by atoms with Crippen LogP contribution in [-0.4, -0.2) is 19.2 Å². The number of hydrogen-bond acceptors (Lipinski definition) is 4. The molecule has 0 aliphatic carbocycles. The molecule has 0 fully saturated rings. The third kappa shape index (κ3) is 4.61. The van der Waals surface area contributed by atoms with E-state index in [2.05, 4.69) is 15.0 Å². The normalized spacial score (nSPS) is 11.2. The van der Waals surface area contributed by atoms with Crippen LogP contribution in [0.4, 0.5) is 17.2 Å². The summed E-state index contributed by atoms with van der Waals surface area (Å²) in [6.07, 6.45) is 2.05. The van der Waals surface area contributed by atoms with Crippen LogP contribution in [0.3, 0.4) is 0 Å². The van der Waals surface area contributed by atoms with Crippen LogP contribution in [-0.2, 0) is 10.0 Å². The molecule has 2 aromatic rings. The molecule has 0 amide bonds. The van der Waals surface area contributed by atoms with Crippen LogP contribution < -0.4 is 10.0 Å². The fraction of sp³-hybridized carbons (Fsp3) is 0.267. The molecule has 7 heteroatoms. The second-order valence-electron chi connectivity index (χ2n) is 4.94. The van der Waals surface area contributed by atoms with Gasteiger partial charge in [0.05, 0.1) is 17.6 Å². The topological polar surface area (TPSA) is 71.1 Å². The summed E-state index contributed by atoms with van der Waals surface area (Å²) in [5, 5.41) is 3.85. The first-order valence-electron chi connectivity index (χ1n) is 6.89. The number of pyridine rings is 1. The van der Waals surface area contributed by atoms with Crippen LogP contribution in [0.2, 0.25) is 5.02 Å². The number of rotatable bonds is 6. The van der Waals surface area contributed by atoms with Crippen LogP contribution >= 0.6 is 11.6 Å². The van der Waals surface area contributed by atoms with Gasteiger partial charge in [0.15, 0.2) is 0 Å². The van der Waals surface area contributed by atoms with E-state index in [-0.39, 0.29) is 5.75 Å². The first-order chi connectivity index (χ1) is 10.4. The molecule has 0 saturated heterocycles. The fourth-order valence-corrected chi connectivity index (χ4v) is 3.28. The van der Waals surface area contributed by atoms with Gasteiger partial charge in [-0.3, -0.25) is 4.72 Å². The molecule has 0 aliphatic heterocycles. The van der Waals surface area contributed by atoms with E-state index < -0.39 is 10.0 Å². The summed E-state index contributed by atoms with van der Waals surface area (Å²) in [5.74, 6) is 0.723.